The summed E-state index contributed by atoms with van der Waals surface area (Å²) < 4.78 is 0. The molecule has 27 heavy (non-hydrogen) atoms. The molecular weight excluding hydrogens is 334 g/mol. The zero-order valence-electron chi connectivity index (χ0n) is 15.1. The van der Waals surface area contributed by atoms with Crippen molar-refractivity contribution >= 4 is 6.03 Å². The molecule has 4 rings (SSSR count). The summed E-state index contributed by atoms with van der Waals surface area (Å²) in [6.07, 6.45) is 4.06. The molecule has 4 nitrogen and oxygen atoms in total. The molecule has 2 N–H and O–H groups in total. The molecule has 4 heteroatoms. The van der Waals surface area contributed by atoms with Gasteiger partial charge in [0.25, 0.3) is 0 Å². The fraction of sp³-hybridized carbons (Fsp3) is 0.217. The lowest BCUT2D eigenvalue weighted by molar-refractivity contribution is 0.233. The summed E-state index contributed by atoms with van der Waals surface area (Å²) in [5, 5.41) is 6.31. The second-order valence-electron chi connectivity index (χ2n) is 6.94. The highest BCUT2D eigenvalue weighted by molar-refractivity contribution is 5.75. The molecule has 1 heterocycles. The lowest BCUT2D eigenvalue weighted by Gasteiger charge is -2.23. The van der Waals surface area contributed by atoms with E-state index in [-0.39, 0.29) is 18.1 Å². The first-order valence-corrected chi connectivity index (χ1v) is 9.39. The highest BCUT2D eigenvalue weighted by Crippen LogP contribution is 2.40. The maximum absolute atomic E-state index is 12.9. The molecule has 1 aliphatic rings. The predicted octanol–water partition coefficient (Wildman–Crippen LogP) is 4.62. The van der Waals surface area contributed by atoms with Crippen LogP contribution < -0.4 is 10.6 Å². The maximum Gasteiger partial charge on any atom is 0.316 e. The molecule has 3 aromatic rings. The van der Waals surface area contributed by atoms with Gasteiger partial charge in [0.2, 0.25) is 0 Å². The first-order chi connectivity index (χ1) is 13.3. The minimum atomic E-state index is -0.289. The molecular formula is C23H23N3O. The molecule has 1 fully saturated rings. The number of aromatic nitrogens is 1. The molecule has 0 aliphatic heterocycles. The Hall–Kier alpha value is -3.14. The van der Waals surface area contributed by atoms with Crippen molar-refractivity contribution in [2.75, 3.05) is 0 Å². The first kappa shape index (κ1) is 17.3. The van der Waals surface area contributed by atoms with Crippen LogP contribution in [0, 0.1) is 5.92 Å². The van der Waals surface area contributed by atoms with Crippen LogP contribution >= 0.6 is 0 Å². The lowest BCUT2D eigenvalue weighted by Crippen LogP contribution is -2.41. The van der Waals surface area contributed by atoms with Crippen LogP contribution in [-0.2, 0) is 0 Å². The van der Waals surface area contributed by atoms with Crippen LogP contribution in [0.25, 0.3) is 0 Å². The number of benzene rings is 2. The Morgan fingerprint density at radius 1 is 0.815 bits per heavy atom. The molecule has 1 saturated carbocycles. The monoisotopic (exact) mass is 357 g/mol. The van der Waals surface area contributed by atoms with Gasteiger partial charge in [0.05, 0.1) is 17.8 Å². The number of carbonyl (C=O) groups is 1. The number of pyridine rings is 1. The van der Waals surface area contributed by atoms with Crippen LogP contribution in [0.1, 0.15) is 41.7 Å². The zero-order valence-corrected chi connectivity index (χ0v) is 15.1. The molecule has 0 radical (unpaired) electrons. The number of hydrogen-bond donors (Lipinski definition) is 2. The van der Waals surface area contributed by atoms with Gasteiger partial charge in [-0.3, -0.25) is 4.98 Å². The Morgan fingerprint density at radius 3 is 2.04 bits per heavy atom. The van der Waals surface area contributed by atoms with Gasteiger partial charge in [-0.1, -0.05) is 66.7 Å². The van der Waals surface area contributed by atoms with E-state index >= 15 is 0 Å². The van der Waals surface area contributed by atoms with Crippen molar-refractivity contribution in [3.63, 3.8) is 0 Å². The van der Waals surface area contributed by atoms with Crippen LogP contribution in [0.4, 0.5) is 4.79 Å². The van der Waals surface area contributed by atoms with Crippen LogP contribution in [-0.4, -0.2) is 11.0 Å². The average molecular weight is 357 g/mol. The van der Waals surface area contributed by atoms with Gasteiger partial charge in [0.1, 0.15) is 0 Å². The second kappa shape index (κ2) is 8.04. The quantitative estimate of drug-likeness (QED) is 0.676. The van der Waals surface area contributed by atoms with E-state index in [1.165, 1.54) is 0 Å². The summed E-state index contributed by atoms with van der Waals surface area (Å²) in [5.74, 6) is 0.517. The fourth-order valence-corrected chi connectivity index (χ4v) is 3.40. The molecule has 0 saturated heterocycles. The molecule has 1 aliphatic carbocycles. The lowest BCUT2D eigenvalue weighted by atomic mass is 10.0. The molecule has 2 aromatic carbocycles. The Balaban J connectivity index is 1.53. The van der Waals surface area contributed by atoms with Crippen molar-refractivity contribution in [3.05, 3.63) is 102 Å². The second-order valence-corrected chi connectivity index (χ2v) is 6.94. The highest BCUT2D eigenvalue weighted by atomic mass is 16.2. The summed E-state index contributed by atoms with van der Waals surface area (Å²) >= 11 is 0. The maximum atomic E-state index is 12.9. The van der Waals surface area contributed by atoms with Gasteiger partial charge >= 0.3 is 6.03 Å². The number of nitrogens with zero attached hydrogens (tertiary/aromatic N) is 1. The van der Waals surface area contributed by atoms with Gasteiger partial charge in [0.15, 0.2) is 0 Å². The third kappa shape index (κ3) is 4.34. The van der Waals surface area contributed by atoms with Gasteiger partial charge < -0.3 is 10.6 Å². The van der Waals surface area contributed by atoms with E-state index < -0.39 is 0 Å². The van der Waals surface area contributed by atoms with Gasteiger partial charge in [-0.15, -0.1) is 0 Å². The number of rotatable bonds is 6. The fourth-order valence-electron chi connectivity index (χ4n) is 3.40. The largest absolute Gasteiger partial charge is 0.331 e. The molecule has 1 aromatic heterocycles. The van der Waals surface area contributed by atoms with Crippen molar-refractivity contribution in [1.29, 1.82) is 0 Å². The van der Waals surface area contributed by atoms with Crippen LogP contribution in [0.5, 0.6) is 0 Å². The van der Waals surface area contributed by atoms with Crippen molar-refractivity contribution in [2.24, 2.45) is 5.92 Å². The smallest absolute Gasteiger partial charge is 0.316 e. The van der Waals surface area contributed by atoms with Crippen molar-refractivity contribution in [3.8, 4) is 0 Å². The predicted molar refractivity (Wildman–Crippen MR) is 106 cm³/mol. The van der Waals surface area contributed by atoms with Crippen LogP contribution in [0.3, 0.4) is 0 Å². The summed E-state index contributed by atoms with van der Waals surface area (Å²) in [6.45, 7) is 0. The number of nitrogens with one attached hydrogen (secondary N) is 2. The van der Waals surface area contributed by atoms with Crippen molar-refractivity contribution in [2.45, 2.75) is 24.9 Å². The minimum absolute atomic E-state index is 0.0476. The molecule has 2 amide bonds. The van der Waals surface area contributed by atoms with Gasteiger partial charge in [-0.25, -0.2) is 4.79 Å². The third-order valence-electron chi connectivity index (χ3n) is 4.93. The van der Waals surface area contributed by atoms with Crippen molar-refractivity contribution < 1.29 is 4.79 Å². The highest BCUT2D eigenvalue weighted by Gasteiger charge is 2.33. The Labute approximate surface area is 159 Å². The van der Waals surface area contributed by atoms with Crippen LogP contribution in [0.2, 0.25) is 0 Å². The Kier molecular flexibility index (Phi) is 5.15. The summed E-state index contributed by atoms with van der Waals surface area (Å²) in [5.41, 5.74) is 2.99. The minimum Gasteiger partial charge on any atom is -0.331 e. The first-order valence-electron chi connectivity index (χ1n) is 9.39. The molecule has 136 valence electrons. The standard InChI is InChI=1S/C23H23N3O/c27-23(25-21(19-14-15-19)17-9-3-1-4-10-17)26-22(18-11-5-2-6-12-18)20-13-7-8-16-24-20/h1-13,16,19,21-22H,14-15H2,(H2,25,26,27)/t21-,22+/m1/s1. The van der Waals surface area contributed by atoms with E-state index in [0.717, 1.165) is 29.7 Å². The van der Waals surface area contributed by atoms with E-state index in [1.807, 2.05) is 66.7 Å². The molecule has 0 bridgehead atoms. The zero-order chi connectivity index (χ0) is 18.5. The molecule has 0 unspecified atom stereocenters. The third-order valence-corrected chi connectivity index (χ3v) is 4.93. The average Bonchev–Trinajstić information content (AvgIpc) is 3.57. The normalized spacial score (nSPS) is 15.6. The summed E-state index contributed by atoms with van der Waals surface area (Å²) in [6, 6.07) is 25.5. The van der Waals surface area contributed by atoms with E-state index in [0.29, 0.717) is 5.92 Å². The van der Waals surface area contributed by atoms with Gasteiger partial charge in [0, 0.05) is 6.20 Å². The van der Waals surface area contributed by atoms with E-state index in [4.69, 9.17) is 0 Å². The molecule has 0 spiro atoms. The number of hydrogen-bond acceptors (Lipinski definition) is 2. The van der Waals surface area contributed by atoms with E-state index in [9.17, 15) is 4.79 Å². The topological polar surface area (TPSA) is 54.0 Å². The van der Waals surface area contributed by atoms with Crippen LogP contribution in [0.15, 0.2) is 85.1 Å². The van der Waals surface area contributed by atoms with E-state index in [1.54, 1.807) is 6.20 Å². The van der Waals surface area contributed by atoms with Gasteiger partial charge in [-0.2, -0.15) is 0 Å². The number of carbonyl (C=O) groups excluding carboxylic acids is 1. The Morgan fingerprint density at radius 2 is 1.44 bits per heavy atom. The van der Waals surface area contributed by atoms with Crippen molar-refractivity contribution in [1.82, 2.24) is 15.6 Å². The SMILES string of the molecule is O=C(N[C@@H](c1ccccc1)c1ccccn1)N[C@H](c1ccccc1)C1CC1. The number of amides is 2. The summed E-state index contributed by atoms with van der Waals surface area (Å²) in [7, 11) is 0. The molecule has 2 atom stereocenters. The summed E-state index contributed by atoms with van der Waals surface area (Å²) in [4.78, 5) is 17.3. The number of urea groups is 1. The van der Waals surface area contributed by atoms with Gasteiger partial charge in [-0.05, 0) is 42.0 Å². The van der Waals surface area contributed by atoms with E-state index in [2.05, 4.69) is 27.8 Å². The Bertz CT molecular complexity index is 824.